The highest BCUT2D eigenvalue weighted by atomic mass is 16.1. The predicted octanol–water partition coefficient (Wildman–Crippen LogP) is 1.37. The molecular formula is C8H11NO. The van der Waals surface area contributed by atoms with Gasteiger partial charge in [-0.1, -0.05) is 6.92 Å². The van der Waals surface area contributed by atoms with Gasteiger partial charge in [-0.15, -0.1) is 0 Å². The van der Waals surface area contributed by atoms with Crippen LogP contribution in [-0.2, 0) is 4.79 Å². The average molecular weight is 137 g/mol. The number of rotatable bonds is 2. The van der Waals surface area contributed by atoms with Gasteiger partial charge in [-0.05, 0) is 24.7 Å². The lowest BCUT2D eigenvalue weighted by Crippen LogP contribution is -2.28. The van der Waals surface area contributed by atoms with Crippen LogP contribution in [0.3, 0.4) is 0 Å². The number of nitriles is 1. The Balaban J connectivity index is 2.37. The molecule has 2 nitrogen and oxygen atoms in total. The van der Waals surface area contributed by atoms with Gasteiger partial charge in [0.2, 0.25) is 0 Å². The Bertz CT molecular complexity index is 165. The van der Waals surface area contributed by atoms with Crippen molar-refractivity contribution in [1.29, 1.82) is 5.26 Å². The summed E-state index contributed by atoms with van der Waals surface area (Å²) in [6.45, 7) is 2.15. The van der Waals surface area contributed by atoms with E-state index in [1.54, 1.807) is 0 Å². The second kappa shape index (κ2) is 2.83. The molecule has 1 aliphatic rings. The van der Waals surface area contributed by atoms with Crippen molar-refractivity contribution in [1.82, 2.24) is 0 Å². The van der Waals surface area contributed by atoms with E-state index >= 15 is 0 Å². The molecule has 1 saturated carbocycles. The summed E-state index contributed by atoms with van der Waals surface area (Å²) < 4.78 is 0. The maximum atomic E-state index is 10.3. The van der Waals surface area contributed by atoms with Crippen LogP contribution in [-0.4, -0.2) is 6.29 Å². The maximum Gasteiger partial charge on any atom is 0.137 e. The lowest BCUT2D eigenvalue weighted by Gasteiger charge is -2.33. The Hall–Kier alpha value is -0.840. The van der Waals surface area contributed by atoms with Crippen molar-refractivity contribution >= 4 is 6.29 Å². The molecule has 0 saturated heterocycles. The van der Waals surface area contributed by atoms with Gasteiger partial charge in [0.25, 0.3) is 0 Å². The first-order chi connectivity index (χ1) is 4.77. The molecule has 1 fully saturated rings. The Morgan fingerprint density at radius 1 is 1.70 bits per heavy atom. The highest BCUT2D eigenvalue weighted by Gasteiger charge is 2.31. The van der Waals surface area contributed by atoms with Gasteiger partial charge in [-0.2, -0.15) is 5.26 Å². The molecule has 0 heterocycles. The molecule has 10 heavy (non-hydrogen) atoms. The first-order valence-electron chi connectivity index (χ1n) is 3.62. The minimum absolute atomic E-state index is 0.337. The highest BCUT2D eigenvalue weighted by Crippen LogP contribution is 2.37. The Morgan fingerprint density at radius 3 is 2.60 bits per heavy atom. The van der Waals surface area contributed by atoms with E-state index in [9.17, 15) is 4.79 Å². The van der Waals surface area contributed by atoms with Gasteiger partial charge in [0, 0.05) is 0 Å². The molecule has 1 unspecified atom stereocenters. The smallest absolute Gasteiger partial charge is 0.137 e. The molecule has 0 bridgehead atoms. The number of nitrogens with zero attached hydrogens (tertiary/aromatic N) is 1. The molecule has 0 N–H and O–H groups in total. The van der Waals surface area contributed by atoms with Crippen LogP contribution in [0.15, 0.2) is 0 Å². The molecule has 0 aromatic carbocycles. The van der Waals surface area contributed by atoms with Crippen molar-refractivity contribution in [2.24, 2.45) is 17.8 Å². The first-order valence-corrected chi connectivity index (χ1v) is 3.62. The monoisotopic (exact) mass is 137 g/mol. The van der Waals surface area contributed by atoms with Gasteiger partial charge < -0.3 is 4.79 Å². The molecule has 1 atom stereocenters. The molecule has 1 rings (SSSR count). The SMILES string of the molecule is C[C@H]1C[C@@H](C(C#N)C=O)C1. The zero-order valence-corrected chi connectivity index (χ0v) is 6.08. The highest BCUT2D eigenvalue weighted by molar-refractivity contribution is 5.58. The normalized spacial score (nSPS) is 33.6. The fraction of sp³-hybridized carbons (Fsp3) is 0.750. The Labute approximate surface area is 60.8 Å². The summed E-state index contributed by atoms with van der Waals surface area (Å²) >= 11 is 0. The van der Waals surface area contributed by atoms with Crippen molar-refractivity contribution in [3.63, 3.8) is 0 Å². The molecule has 0 spiro atoms. The van der Waals surface area contributed by atoms with Crippen LogP contribution in [0.1, 0.15) is 19.8 Å². The third-order valence-electron chi connectivity index (χ3n) is 2.21. The number of carbonyl (C=O) groups is 1. The predicted molar refractivity (Wildman–Crippen MR) is 37.1 cm³/mol. The van der Waals surface area contributed by atoms with Gasteiger partial charge in [-0.3, -0.25) is 0 Å². The summed E-state index contributed by atoms with van der Waals surface area (Å²) in [5, 5.41) is 8.47. The Kier molecular flexibility index (Phi) is 2.06. The molecule has 54 valence electrons. The van der Waals surface area contributed by atoms with Gasteiger partial charge in [0.05, 0.1) is 6.07 Å². The zero-order valence-electron chi connectivity index (χ0n) is 6.08. The van der Waals surface area contributed by atoms with Crippen LogP contribution in [0.25, 0.3) is 0 Å². The van der Waals surface area contributed by atoms with Crippen LogP contribution in [0, 0.1) is 29.1 Å². The third kappa shape index (κ3) is 1.18. The standard InChI is InChI=1S/C8H11NO/c1-6-2-7(3-6)8(4-9)5-10/h5-8H,2-3H2,1H3/t6-,7+,8?. The summed E-state index contributed by atoms with van der Waals surface area (Å²) in [6, 6.07) is 2.01. The molecule has 0 amide bonds. The van der Waals surface area contributed by atoms with E-state index in [1.807, 2.05) is 6.07 Å². The first kappa shape index (κ1) is 7.27. The topological polar surface area (TPSA) is 40.9 Å². The number of hydrogen-bond donors (Lipinski definition) is 0. The summed E-state index contributed by atoms with van der Waals surface area (Å²) in [4.78, 5) is 10.3. The van der Waals surface area contributed by atoms with Crippen LogP contribution in [0.5, 0.6) is 0 Å². The lowest BCUT2D eigenvalue weighted by atomic mass is 9.70. The number of carbonyl (C=O) groups excluding carboxylic acids is 1. The van der Waals surface area contributed by atoms with Crippen LogP contribution >= 0.6 is 0 Å². The summed E-state index contributed by atoms with van der Waals surface area (Å²) in [5.41, 5.74) is 0. The second-order valence-corrected chi connectivity index (χ2v) is 3.13. The van der Waals surface area contributed by atoms with Crippen LogP contribution in [0.4, 0.5) is 0 Å². The van der Waals surface area contributed by atoms with Crippen molar-refractivity contribution in [3.05, 3.63) is 0 Å². The van der Waals surface area contributed by atoms with Gasteiger partial charge in [-0.25, -0.2) is 0 Å². The van der Waals surface area contributed by atoms with Gasteiger partial charge in [0.1, 0.15) is 12.2 Å². The lowest BCUT2D eigenvalue weighted by molar-refractivity contribution is -0.112. The summed E-state index contributed by atoms with van der Waals surface area (Å²) in [5.74, 6) is 0.745. The van der Waals surface area contributed by atoms with E-state index in [-0.39, 0.29) is 5.92 Å². The largest absolute Gasteiger partial charge is 0.302 e. The Morgan fingerprint density at radius 2 is 2.30 bits per heavy atom. The average Bonchev–Trinajstić information content (AvgIpc) is 1.87. The van der Waals surface area contributed by atoms with E-state index in [1.165, 1.54) is 0 Å². The van der Waals surface area contributed by atoms with E-state index in [2.05, 4.69) is 6.92 Å². The fourth-order valence-electron chi connectivity index (χ4n) is 1.50. The van der Waals surface area contributed by atoms with Crippen LogP contribution in [0.2, 0.25) is 0 Å². The minimum Gasteiger partial charge on any atom is -0.302 e. The maximum absolute atomic E-state index is 10.3. The summed E-state index contributed by atoms with van der Waals surface area (Å²) in [6.07, 6.45) is 2.88. The van der Waals surface area contributed by atoms with Gasteiger partial charge in [0.15, 0.2) is 0 Å². The third-order valence-corrected chi connectivity index (χ3v) is 2.21. The zero-order chi connectivity index (χ0) is 7.56. The van der Waals surface area contributed by atoms with Crippen LogP contribution < -0.4 is 0 Å². The molecule has 0 radical (unpaired) electrons. The molecule has 1 aliphatic carbocycles. The van der Waals surface area contributed by atoms with E-state index in [0.29, 0.717) is 5.92 Å². The van der Waals surface area contributed by atoms with E-state index < -0.39 is 0 Å². The fourth-order valence-corrected chi connectivity index (χ4v) is 1.50. The molecule has 2 heteroatoms. The molecule has 0 aromatic rings. The number of aldehydes is 1. The van der Waals surface area contributed by atoms with E-state index in [4.69, 9.17) is 5.26 Å². The quantitative estimate of drug-likeness (QED) is 0.539. The summed E-state index contributed by atoms with van der Waals surface area (Å²) in [7, 11) is 0. The van der Waals surface area contributed by atoms with Crippen molar-refractivity contribution in [3.8, 4) is 6.07 Å². The van der Waals surface area contributed by atoms with Crippen molar-refractivity contribution in [2.75, 3.05) is 0 Å². The molecular weight excluding hydrogens is 126 g/mol. The van der Waals surface area contributed by atoms with Crippen molar-refractivity contribution < 1.29 is 4.79 Å². The van der Waals surface area contributed by atoms with E-state index in [0.717, 1.165) is 25.0 Å². The second-order valence-electron chi connectivity index (χ2n) is 3.13. The molecule has 0 aromatic heterocycles. The van der Waals surface area contributed by atoms with Crippen molar-refractivity contribution in [2.45, 2.75) is 19.8 Å². The van der Waals surface area contributed by atoms with Gasteiger partial charge >= 0.3 is 0 Å². The molecule has 0 aliphatic heterocycles. The minimum atomic E-state index is -0.337. The number of hydrogen-bond acceptors (Lipinski definition) is 2.